The van der Waals surface area contributed by atoms with Crippen LogP contribution in [0.1, 0.15) is 26.5 Å². The molecule has 0 radical (unpaired) electrons. The van der Waals surface area contributed by atoms with Gasteiger partial charge < -0.3 is 5.32 Å². The van der Waals surface area contributed by atoms with Gasteiger partial charge in [0.25, 0.3) is 0 Å². The van der Waals surface area contributed by atoms with Crippen LogP contribution in [-0.2, 0) is 5.41 Å². The highest BCUT2D eigenvalue weighted by molar-refractivity contribution is 14.1. The van der Waals surface area contributed by atoms with Crippen LogP contribution >= 0.6 is 34.2 Å². The van der Waals surface area contributed by atoms with E-state index in [4.69, 9.17) is 16.6 Å². The first kappa shape index (κ1) is 13.9. The summed E-state index contributed by atoms with van der Waals surface area (Å²) in [5.74, 6) is 0. The lowest BCUT2D eigenvalue weighted by atomic mass is 9.91. The van der Waals surface area contributed by atoms with Crippen molar-refractivity contribution in [2.24, 2.45) is 0 Å². The number of fused-ring (bicyclic) bond motifs is 1. The van der Waals surface area contributed by atoms with Crippen molar-refractivity contribution in [2.45, 2.75) is 26.2 Å². The second-order valence-corrected chi connectivity index (χ2v) is 6.99. The van der Waals surface area contributed by atoms with Gasteiger partial charge in [0.2, 0.25) is 0 Å². The van der Waals surface area contributed by atoms with Gasteiger partial charge in [0.15, 0.2) is 0 Å². The van der Waals surface area contributed by atoms with Gasteiger partial charge in [0, 0.05) is 32.8 Å². The van der Waals surface area contributed by atoms with E-state index in [9.17, 15) is 0 Å². The van der Waals surface area contributed by atoms with Crippen LogP contribution in [0.25, 0.3) is 10.9 Å². The number of anilines is 1. The van der Waals surface area contributed by atoms with Crippen LogP contribution in [0.2, 0.25) is 5.02 Å². The standard InChI is InChI=1S/C14H16ClIN2/c1-14(2,3)12-7-11(17-4)9-5-8(16)6-10(15)13(9)18-12/h5-7H,1-4H3,(H,17,18). The number of hydrogen-bond donors (Lipinski definition) is 1. The molecule has 2 rings (SSSR count). The molecular formula is C14H16ClIN2. The lowest BCUT2D eigenvalue weighted by Gasteiger charge is -2.20. The van der Waals surface area contributed by atoms with Crippen LogP contribution in [0, 0.1) is 3.57 Å². The van der Waals surface area contributed by atoms with Crippen molar-refractivity contribution in [3.63, 3.8) is 0 Å². The summed E-state index contributed by atoms with van der Waals surface area (Å²) in [6.07, 6.45) is 0. The van der Waals surface area contributed by atoms with Crippen molar-refractivity contribution < 1.29 is 0 Å². The largest absolute Gasteiger partial charge is 0.388 e. The van der Waals surface area contributed by atoms with Crippen molar-refractivity contribution in [1.29, 1.82) is 0 Å². The number of nitrogens with zero attached hydrogens (tertiary/aromatic N) is 1. The van der Waals surface area contributed by atoms with E-state index in [1.807, 2.05) is 13.1 Å². The van der Waals surface area contributed by atoms with Gasteiger partial charge in [-0.2, -0.15) is 0 Å². The molecule has 0 fully saturated rings. The van der Waals surface area contributed by atoms with Crippen molar-refractivity contribution in [1.82, 2.24) is 4.98 Å². The van der Waals surface area contributed by atoms with E-state index in [0.717, 1.165) is 25.9 Å². The Morgan fingerprint density at radius 3 is 2.44 bits per heavy atom. The van der Waals surface area contributed by atoms with Crippen LogP contribution in [0.15, 0.2) is 18.2 Å². The minimum absolute atomic E-state index is 0.00607. The molecule has 0 amide bonds. The second kappa shape index (κ2) is 4.85. The summed E-state index contributed by atoms with van der Waals surface area (Å²) in [5, 5.41) is 5.01. The van der Waals surface area contributed by atoms with Crippen LogP contribution in [0.5, 0.6) is 0 Å². The molecule has 0 spiro atoms. The fourth-order valence-corrected chi connectivity index (χ4v) is 2.91. The summed E-state index contributed by atoms with van der Waals surface area (Å²) < 4.78 is 1.12. The summed E-state index contributed by atoms with van der Waals surface area (Å²) in [6, 6.07) is 6.16. The molecule has 1 N–H and O–H groups in total. The molecule has 0 aliphatic heterocycles. The Hall–Kier alpha value is -0.550. The molecule has 0 saturated heterocycles. The Kier molecular flexibility index (Phi) is 3.74. The number of benzene rings is 1. The molecule has 0 atom stereocenters. The normalized spacial score (nSPS) is 11.9. The van der Waals surface area contributed by atoms with Gasteiger partial charge in [0.05, 0.1) is 10.5 Å². The van der Waals surface area contributed by atoms with Crippen molar-refractivity contribution in [3.05, 3.63) is 32.5 Å². The van der Waals surface area contributed by atoms with Crippen LogP contribution in [0.4, 0.5) is 5.69 Å². The summed E-state index contributed by atoms with van der Waals surface area (Å²) >= 11 is 8.59. The minimum Gasteiger partial charge on any atom is -0.388 e. The Bertz CT molecular complexity index is 603. The Morgan fingerprint density at radius 2 is 1.89 bits per heavy atom. The molecule has 0 unspecified atom stereocenters. The van der Waals surface area contributed by atoms with Crippen molar-refractivity contribution in [2.75, 3.05) is 12.4 Å². The second-order valence-electron chi connectivity index (χ2n) is 5.34. The van der Waals surface area contributed by atoms with E-state index in [1.54, 1.807) is 0 Å². The molecule has 18 heavy (non-hydrogen) atoms. The predicted octanol–water partition coefficient (Wildman–Crippen LogP) is 4.83. The Balaban J connectivity index is 2.84. The highest BCUT2D eigenvalue weighted by Gasteiger charge is 2.18. The molecular weight excluding hydrogens is 359 g/mol. The molecule has 1 aromatic heterocycles. The summed E-state index contributed by atoms with van der Waals surface area (Å²) in [4.78, 5) is 4.72. The summed E-state index contributed by atoms with van der Waals surface area (Å²) in [7, 11) is 1.93. The van der Waals surface area contributed by atoms with Crippen LogP contribution in [0.3, 0.4) is 0 Å². The van der Waals surface area contributed by atoms with Gasteiger partial charge >= 0.3 is 0 Å². The molecule has 96 valence electrons. The predicted molar refractivity (Wildman–Crippen MR) is 87.7 cm³/mol. The first-order chi connectivity index (χ1) is 8.32. The zero-order valence-electron chi connectivity index (χ0n) is 10.9. The first-order valence-corrected chi connectivity index (χ1v) is 7.26. The smallest absolute Gasteiger partial charge is 0.0913 e. The van der Waals surface area contributed by atoms with Crippen LogP contribution < -0.4 is 5.32 Å². The fraction of sp³-hybridized carbons (Fsp3) is 0.357. The topological polar surface area (TPSA) is 24.9 Å². The van der Waals surface area contributed by atoms with E-state index < -0.39 is 0 Å². The summed E-state index contributed by atoms with van der Waals surface area (Å²) in [6.45, 7) is 6.46. The van der Waals surface area contributed by atoms with Gasteiger partial charge in [-0.1, -0.05) is 32.4 Å². The first-order valence-electron chi connectivity index (χ1n) is 5.81. The van der Waals surface area contributed by atoms with Gasteiger partial charge in [-0.3, -0.25) is 4.98 Å². The number of aromatic nitrogens is 1. The summed E-state index contributed by atoms with van der Waals surface area (Å²) in [5.41, 5.74) is 2.99. The molecule has 4 heteroatoms. The third kappa shape index (κ3) is 2.57. The van der Waals surface area contributed by atoms with E-state index in [0.29, 0.717) is 5.02 Å². The maximum atomic E-state index is 6.32. The van der Waals surface area contributed by atoms with E-state index in [-0.39, 0.29) is 5.41 Å². The maximum absolute atomic E-state index is 6.32. The lowest BCUT2D eigenvalue weighted by Crippen LogP contribution is -2.14. The molecule has 1 heterocycles. The highest BCUT2D eigenvalue weighted by Crippen LogP contribution is 2.33. The van der Waals surface area contributed by atoms with Gasteiger partial charge in [-0.25, -0.2) is 0 Å². The van der Waals surface area contributed by atoms with Crippen molar-refractivity contribution >= 4 is 50.8 Å². The van der Waals surface area contributed by atoms with Gasteiger partial charge in [-0.05, 0) is 40.8 Å². The Morgan fingerprint density at radius 1 is 1.22 bits per heavy atom. The average molecular weight is 375 g/mol. The third-order valence-electron chi connectivity index (χ3n) is 2.87. The molecule has 0 aliphatic carbocycles. The molecule has 1 aromatic carbocycles. The average Bonchev–Trinajstić information content (AvgIpc) is 2.26. The van der Waals surface area contributed by atoms with Gasteiger partial charge in [0.1, 0.15) is 0 Å². The number of rotatable bonds is 1. The molecule has 0 aliphatic rings. The highest BCUT2D eigenvalue weighted by atomic mass is 127. The van der Waals surface area contributed by atoms with Gasteiger partial charge in [-0.15, -0.1) is 0 Å². The molecule has 0 bridgehead atoms. The van der Waals surface area contributed by atoms with E-state index in [2.05, 4.69) is 60.8 Å². The zero-order valence-corrected chi connectivity index (χ0v) is 13.8. The number of halogens is 2. The number of nitrogens with one attached hydrogen (secondary N) is 1. The third-order valence-corrected chi connectivity index (χ3v) is 3.78. The zero-order chi connectivity index (χ0) is 13.5. The van der Waals surface area contributed by atoms with E-state index >= 15 is 0 Å². The van der Waals surface area contributed by atoms with Crippen molar-refractivity contribution in [3.8, 4) is 0 Å². The minimum atomic E-state index is 0.00607. The fourth-order valence-electron chi connectivity index (χ4n) is 1.84. The quantitative estimate of drug-likeness (QED) is 0.723. The Labute approximate surface area is 126 Å². The molecule has 2 nitrogen and oxygen atoms in total. The number of pyridine rings is 1. The van der Waals surface area contributed by atoms with E-state index in [1.165, 1.54) is 0 Å². The monoisotopic (exact) mass is 374 g/mol. The molecule has 0 saturated carbocycles. The van der Waals surface area contributed by atoms with Crippen LogP contribution in [-0.4, -0.2) is 12.0 Å². The molecule has 2 aromatic rings. The maximum Gasteiger partial charge on any atom is 0.0913 e. The lowest BCUT2D eigenvalue weighted by molar-refractivity contribution is 0.572. The number of hydrogen-bond acceptors (Lipinski definition) is 2. The SMILES string of the molecule is CNc1cc(C(C)(C)C)nc2c(Cl)cc(I)cc12.